The number of nitrogens with zero attached hydrogens (tertiary/aromatic N) is 3. The molecule has 2 aromatic carbocycles. The zero-order chi connectivity index (χ0) is 28.7. The van der Waals surface area contributed by atoms with Gasteiger partial charge in [0.1, 0.15) is 17.4 Å². The molecule has 9 nitrogen and oxygen atoms in total. The van der Waals surface area contributed by atoms with Crippen molar-refractivity contribution in [3.63, 3.8) is 0 Å². The van der Waals surface area contributed by atoms with Crippen molar-refractivity contribution in [1.82, 2.24) is 9.80 Å². The van der Waals surface area contributed by atoms with Gasteiger partial charge in [-0.1, -0.05) is 54.6 Å². The van der Waals surface area contributed by atoms with Crippen LogP contribution in [0.5, 0.6) is 5.75 Å². The molecule has 41 heavy (non-hydrogen) atoms. The predicted octanol–water partition coefficient (Wildman–Crippen LogP) is 2.55. The van der Waals surface area contributed by atoms with Crippen LogP contribution in [0.2, 0.25) is 0 Å². The molecule has 4 heterocycles. The second kappa shape index (κ2) is 10.8. The van der Waals surface area contributed by atoms with E-state index in [1.54, 1.807) is 16.7 Å². The monoisotopic (exact) mass is 557 g/mol. The normalized spacial score (nSPS) is 29.6. The van der Waals surface area contributed by atoms with Crippen molar-refractivity contribution in [3.8, 4) is 5.75 Å². The predicted molar refractivity (Wildman–Crippen MR) is 152 cm³/mol. The van der Waals surface area contributed by atoms with Gasteiger partial charge in [-0.25, -0.2) is 0 Å². The SMILES string of the molecule is CCOc1ccc(N2CC=C[C@H]3O[C@]45C=CCN(Cc6ccccc6)C(=O)C4N([C@H](C)CO)C(=O)[C@@H]5[C@H]3C2=O)cc1. The van der Waals surface area contributed by atoms with E-state index in [1.807, 2.05) is 85.8 Å². The molecule has 0 saturated carbocycles. The topological polar surface area (TPSA) is 99.6 Å². The maximum atomic E-state index is 14.3. The van der Waals surface area contributed by atoms with Gasteiger partial charge in [0, 0.05) is 25.3 Å². The molecular formula is C32H35N3O6. The van der Waals surface area contributed by atoms with Crippen LogP contribution in [0.1, 0.15) is 19.4 Å². The molecular weight excluding hydrogens is 522 g/mol. The van der Waals surface area contributed by atoms with Crippen LogP contribution in [0.25, 0.3) is 0 Å². The van der Waals surface area contributed by atoms with Gasteiger partial charge >= 0.3 is 0 Å². The van der Waals surface area contributed by atoms with E-state index >= 15 is 0 Å². The number of hydrogen-bond acceptors (Lipinski definition) is 6. The molecule has 214 valence electrons. The molecule has 0 bridgehead atoms. The molecule has 2 aromatic rings. The van der Waals surface area contributed by atoms with Gasteiger partial charge in [0.2, 0.25) is 17.7 Å². The Morgan fingerprint density at radius 2 is 1.76 bits per heavy atom. The minimum atomic E-state index is -1.33. The average Bonchev–Trinajstić information content (AvgIpc) is 3.31. The van der Waals surface area contributed by atoms with Crippen LogP contribution in [0.4, 0.5) is 5.69 Å². The lowest BCUT2D eigenvalue weighted by atomic mass is 9.77. The summed E-state index contributed by atoms with van der Waals surface area (Å²) in [5, 5.41) is 10.1. The fourth-order valence-electron chi connectivity index (χ4n) is 6.75. The van der Waals surface area contributed by atoms with E-state index in [0.717, 1.165) is 5.56 Å². The number of hydrogen-bond donors (Lipinski definition) is 1. The number of likely N-dealkylation sites (tertiary alicyclic amines) is 1. The number of aliphatic hydroxyl groups is 1. The lowest BCUT2D eigenvalue weighted by Gasteiger charge is -2.37. The van der Waals surface area contributed by atoms with Crippen molar-refractivity contribution >= 4 is 23.4 Å². The maximum absolute atomic E-state index is 14.3. The zero-order valence-electron chi connectivity index (χ0n) is 23.3. The van der Waals surface area contributed by atoms with Crippen molar-refractivity contribution in [1.29, 1.82) is 0 Å². The average molecular weight is 558 g/mol. The Bertz CT molecular complexity index is 1380. The molecule has 9 heteroatoms. The number of amides is 3. The van der Waals surface area contributed by atoms with E-state index in [4.69, 9.17) is 9.47 Å². The highest BCUT2D eigenvalue weighted by Gasteiger charge is 2.72. The first-order valence-corrected chi connectivity index (χ1v) is 14.2. The quantitative estimate of drug-likeness (QED) is 0.526. The summed E-state index contributed by atoms with van der Waals surface area (Å²) in [4.78, 5) is 47.6. The molecule has 4 aliphatic heterocycles. The third-order valence-electron chi connectivity index (χ3n) is 8.59. The molecule has 2 fully saturated rings. The fraction of sp³-hybridized carbons (Fsp3) is 0.406. The Balaban J connectivity index is 1.38. The summed E-state index contributed by atoms with van der Waals surface area (Å²) in [6.45, 7) is 4.89. The van der Waals surface area contributed by atoms with Gasteiger partial charge in [0.25, 0.3) is 0 Å². The molecule has 6 atom stereocenters. The van der Waals surface area contributed by atoms with E-state index in [2.05, 4.69) is 0 Å². The Labute approximate surface area is 239 Å². The summed E-state index contributed by atoms with van der Waals surface area (Å²) < 4.78 is 12.2. The second-order valence-corrected chi connectivity index (χ2v) is 11.0. The summed E-state index contributed by atoms with van der Waals surface area (Å²) in [6, 6.07) is 15.3. The molecule has 0 aromatic heterocycles. The number of anilines is 1. The summed E-state index contributed by atoms with van der Waals surface area (Å²) in [6.07, 6.45) is 6.76. The van der Waals surface area contributed by atoms with Crippen LogP contribution in [0.15, 0.2) is 78.9 Å². The van der Waals surface area contributed by atoms with E-state index < -0.39 is 35.6 Å². The van der Waals surface area contributed by atoms with Crippen molar-refractivity contribution in [3.05, 3.63) is 84.5 Å². The highest BCUT2D eigenvalue weighted by molar-refractivity contribution is 6.04. The van der Waals surface area contributed by atoms with E-state index in [1.165, 1.54) is 4.90 Å². The van der Waals surface area contributed by atoms with Crippen molar-refractivity contribution in [2.45, 2.75) is 44.2 Å². The van der Waals surface area contributed by atoms with Crippen LogP contribution in [-0.2, 0) is 25.7 Å². The molecule has 2 saturated heterocycles. The highest BCUT2D eigenvalue weighted by atomic mass is 16.5. The standard InChI is InChI=1S/C32H35N3O6/c1-3-40-24-14-12-23(13-15-24)34-18-7-11-25-26(29(34)37)27-30(38)35(21(2)20-36)28-31(39)33(17-8-16-32(27,28)41-25)19-22-9-5-4-6-10-22/h4-16,21,25-28,36H,3,17-20H2,1-2H3/t21-,25-,26+,27+,28?,32+/m1/s1. The van der Waals surface area contributed by atoms with Crippen LogP contribution in [0, 0.1) is 11.8 Å². The first-order valence-electron chi connectivity index (χ1n) is 14.2. The minimum Gasteiger partial charge on any atom is -0.494 e. The third kappa shape index (κ3) is 4.44. The van der Waals surface area contributed by atoms with Gasteiger partial charge in [0.05, 0.1) is 37.2 Å². The van der Waals surface area contributed by atoms with E-state index in [9.17, 15) is 19.5 Å². The van der Waals surface area contributed by atoms with Crippen molar-refractivity contribution in [2.75, 3.05) is 31.2 Å². The maximum Gasteiger partial charge on any atom is 0.249 e. The zero-order valence-corrected chi connectivity index (χ0v) is 23.3. The van der Waals surface area contributed by atoms with E-state index in [0.29, 0.717) is 37.7 Å². The highest BCUT2D eigenvalue weighted by Crippen LogP contribution is 2.54. The Morgan fingerprint density at radius 3 is 2.46 bits per heavy atom. The number of ether oxygens (including phenoxy) is 2. The molecule has 6 rings (SSSR count). The number of benzene rings is 2. The van der Waals surface area contributed by atoms with Gasteiger partial charge in [-0.2, -0.15) is 0 Å². The Morgan fingerprint density at radius 1 is 1.00 bits per heavy atom. The molecule has 0 aliphatic carbocycles. The largest absolute Gasteiger partial charge is 0.494 e. The second-order valence-electron chi connectivity index (χ2n) is 11.0. The number of carbonyl (C=O) groups excluding carboxylic acids is 3. The smallest absolute Gasteiger partial charge is 0.249 e. The summed E-state index contributed by atoms with van der Waals surface area (Å²) >= 11 is 0. The van der Waals surface area contributed by atoms with Crippen LogP contribution in [-0.4, -0.2) is 82.7 Å². The van der Waals surface area contributed by atoms with Gasteiger partial charge in [-0.05, 0) is 43.7 Å². The number of aliphatic hydroxyl groups excluding tert-OH is 1. The molecule has 1 unspecified atom stereocenters. The lowest BCUT2D eigenvalue weighted by molar-refractivity contribution is -0.150. The van der Waals surface area contributed by atoms with Crippen LogP contribution >= 0.6 is 0 Å². The number of fused-ring (bicyclic) bond motifs is 2. The molecule has 0 radical (unpaired) electrons. The van der Waals surface area contributed by atoms with Gasteiger partial charge < -0.3 is 29.3 Å². The van der Waals surface area contributed by atoms with Crippen molar-refractivity contribution in [2.24, 2.45) is 11.8 Å². The fourth-order valence-corrected chi connectivity index (χ4v) is 6.75. The minimum absolute atomic E-state index is 0.233. The molecule has 4 aliphatic rings. The Kier molecular flexibility index (Phi) is 7.17. The number of carbonyl (C=O) groups is 3. The summed E-state index contributed by atoms with van der Waals surface area (Å²) in [7, 11) is 0. The number of rotatable bonds is 7. The molecule has 3 amide bonds. The van der Waals surface area contributed by atoms with Crippen molar-refractivity contribution < 1.29 is 29.0 Å². The Hall–Kier alpha value is -3.95. The lowest BCUT2D eigenvalue weighted by Crippen LogP contribution is -2.57. The molecule has 1 spiro atoms. The first-order chi connectivity index (χ1) is 19.9. The summed E-state index contributed by atoms with van der Waals surface area (Å²) in [5.74, 6) is -1.87. The van der Waals surface area contributed by atoms with Gasteiger partial charge in [-0.15, -0.1) is 0 Å². The van der Waals surface area contributed by atoms with E-state index in [-0.39, 0.29) is 24.3 Å². The summed E-state index contributed by atoms with van der Waals surface area (Å²) in [5.41, 5.74) is 0.323. The van der Waals surface area contributed by atoms with Gasteiger partial charge in [-0.3, -0.25) is 14.4 Å². The van der Waals surface area contributed by atoms with Crippen LogP contribution < -0.4 is 9.64 Å². The molecule has 1 N–H and O–H groups in total. The van der Waals surface area contributed by atoms with Crippen LogP contribution in [0.3, 0.4) is 0 Å². The third-order valence-corrected chi connectivity index (χ3v) is 8.59. The van der Waals surface area contributed by atoms with Gasteiger partial charge in [0.15, 0.2) is 0 Å². The first kappa shape index (κ1) is 27.2.